The van der Waals surface area contributed by atoms with Crippen molar-refractivity contribution in [1.82, 2.24) is 10.2 Å². The molecule has 2 N–H and O–H groups in total. The molecule has 1 aliphatic carbocycles. The highest BCUT2D eigenvalue weighted by Gasteiger charge is 2.34. The van der Waals surface area contributed by atoms with Gasteiger partial charge in [0.2, 0.25) is 0 Å². The fourth-order valence-electron chi connectivity index (χ4n) is 2.79. The van der Waals surface area contributed by atoms with Crippen LogP contribution in [0.4, 0.5) is 9.18 Å². The number of aliphatic hydroxyl groups is 1. The number of carbonyl (C=O) groups excluding carboxylic acids is 1. The number of hydrogen-bond acceptors (Lipinski definition) is 3. The van der Waals surface area contributed by atoms with Gasteiger partial charge in [0.25, 0.3) is 0 Å². The largest absolute Gasteiger partial charge is 0.464 e. The van der Waals surface area contributed by atoms with Gasteiger partial charge < -0.3 is 19.7 Å². The average Bonchev–Trinajstić information content (AvgIpc) is 3.33. The molecule has 25 heavy (non-hydrogen) atoms. The molecular formula is C19H23FN2O3. The van der Waals surface area contributed by atoms with E-state index in [4.69, 9.17) is 4.42 Å². The molecule has 0 saturated heterocycles. The van der Waals surface area contributed by atoms with Crippen LogP contribution in [0.2, 0.25) is 0 Å². The fraction of sp³-hybridized carbons (Fsp3) is 0.421. The first-order valence-electron chi connectivity index (χ1n) is 8.51. The molecule has 1 heterocycles. The Morgan fingerprint density at radius 2 is 2.00 bits per heavy atom. The van der Waals surface area contributed by atoms with Gasteiger partial charge in [-0.15, -0.1) is 0 Å². The third kappa shape index (κ3) is 4.39. The summed E-state index contributed by atoms with van der Waals surface area (Å²) in [5.74, 6) is 1.14. The minimum absolute atomic E-state index is 0.139. The SMILES string of the molecule is Cc1ccc([C@H](C)NC(=O)N(C[C@H](O)c2ccc(F)cc2)C2CC2)o1. The topological polar surface area (TPSA) is 65.7 Å². The van der Waals surface area contributed by atoms with Crippen molar-refractivity contribution in [3.8, 4) is 0 Å². The number of urea groups is 1. The van der Waals surface area contributed by atoms with E-state index in [1.807, 2.05) is 26.0 Å². The van der Waals surface area contributed by atoms with Crippen molar-refractivity contribution in [3.05, 3.63) is 59.3 Å². The van der Waals surface area contributed by atoms with E-state index in [1.54, 1.807) is 4.90 Å². The molecule has 1 fully saturated rings. The lowest BCUT2D eigenvalue weighted by Crippen LogP contribution is -2.44. The van der Waals surface area contributed by atoms with E-state index in [2.05, 4.69) is 5.32 Å². The smallest absolute Gasteiger partial charge is 0.318 e. The van der Waals surface area contributed by atoms with E-state index in [9.17, 15) is 14.3 Å². The summed E-state index contributed by atoms with van der Waals surface area (Å²) in [4.78, 5) is 14.3. The summed E-state index contributed by atoms with van der Waals surface area (Å²) in [6.45, 7) is 3.89. The van der Waals surface area contributed by atoms with Gasteiger partial charge in [-0.1, -0.05) is 12.1 Å². The van der Waals surface area contributed by atoms with Crippen LogP contribution in [0.25, 0.3) is 0 Å². The number of rotatable bonds is 6. The van der Waals surface area contributed by atoms with Gasteiger partial charge >= 0.3 is 6.03 Å². The molecule has 1 saturated carbocycles. The lowest BCUT2D eigenvalue weighted by Gasteiger charge is -2.27. The number of hydrogen-bond donors (Lipinski definition) is 2. The van der Waals surface area contributed by atoms with E-state index >= 15 is 0 Å². The van der Waals surface area contributed by atoms with Gasteiger partial charge in [-0.2, -0.15) is 0 Å². The van der Waals surface area contributed by atoms with Crippen LogP contribution in [-0.2, 0) is 0 Å². The number of aryl methyl sites for hydroxylation is 1. The highest BCUT2D eigenvalue weighted by atomic mass is 19.1. The summed E-state index contributed by atoms with van der Waals surface area (Å²) < 4.78 is 18.6. The third-order valence-electron chi connectivity index (χ3n) is 4.40. The molecule has 2 aromatic rings. The van der Waals surface area contributed by atoms with Gasteiger partial charge in [0.15, 0.2) is 0 Å². The second kappa shape index (κ2) is 7.27. The first kappa shape index (κ1) is 17.5. The van der Waals surface area contributed by atoms with Gasteiger partial charge in [-0.05, 0) is 56.5 Å². The maximum absolute atomic E-state index is 13.0. The zero-order valence-corrected chi connectivity index (χ0v) is 14.4. The molecule has 134 valence electrons. The molecule has 0 unspecified atom stereocenters. The number of furan rings is 1. The molecule has 3 rings (SSSR count). The lowest BCUT2D eigenvalue weighted by molar-refractivity contribution is 0.116. The predicted molar refractivity (Wildman–Crippen MR) is 91.5 cm³/mol. The maximum atomic E-state index is 13.0. The molecule has 6 heteroatoms. The number of aliphatic hydroxyl groups excluding tert-OH is 1. The summed E-state index contributed by atoms with van der Waals surface area (Å²) in [5.41, 5.74) is 0.592. The van der Waals surface area contributed by atoms with Gasteiger partial charge in [0.05, 0.1) is 18.7 Å². The number of benzene rings is 1. The Kier molecular flexibility index (Phi) is 5.08. The molecule has 1 aliphatic rings. The summed E-state index contributed by atoms with van der Waals surface area (Å²) >= 11 is 0. The summed E-state index contributed by atoms with van der Waals surface area (Å²) in [6, 6.07) is 9.04. The second-order valence-corrected chi connectivity index (χ2v) is 6.57. The Hall–Kier alpha value is -2.34. The van der Waals surface area contributed by atoms with Gasteiger partial charge in [0, 0.05) is 6.04 Å². The van der Waals surface area contributed by atoms with Crippen LogP contribution in [0.5, 0.6) is 0 Å². The highest BCUT2D eigenvalue weighted by Crippen LogP contribution is 2.29. The summed E-state index contributed by atoms with van der Waals surface area (Å²) in [7, 11) is 0. The highest BCUT2D eigenvalue weighted by molar-refractivity contribution is 5.75. The quantitative estimate of drug-likeness (QED) is 0.838. The monoisotopic (exact) mass is 346 g/mol. The van der Waals surface area contributed by atoms with Crippen LogP contribution in [-0.4, -0.2) is 28.6 Å². The number of nitrogens with zero attached hydrogens (tertiary/aromatic N) is 1. The molecule has 0 radical (unpaired) electrons. The minimum atomic E-state index is -0.854. The maximum Gasteiger partial charge on any atom is 0.318 e. The normalized spacial score (nSPS) is 16.3. The zero-order valence-electron chi connectivity index (χ0n) is 14.4. The average molecular weight is 346 g/mol. The van der Waals surface area contributed by atoms with Crippen molar-refractivity contribution in [2.45, 2.75) is 44.9 Å². The van der Waals surface area contributed by atoms with Crippen molar-refractivity contribution in [2.24, 2.45) is 0 Å². The third-order valence-corrected chi connectivity index (χ3v) is 4.40. The predicted octanol–water partition coefficient (Wildman–Crippen LogP) is 3.70. The standard InChI is InChI=1S/C19H23FN2O3/c1-12-3-10-18(25-12)13(2)21-19(24)22(16-8-9-16)11-17(23)14-4-6-15(20)7-5-14/h3-7,10,13,16-17,23H,8-9,11H2,1-2H3,(H,21,24)/t13-,17-/m0/s1. The molecule has 2 amide bonds. The van der Waals surface area contributed by atoms with Crippen molar-refractivity contribution >= 4 is 6.03 Å². The second-order valence-electron chi connectivity index (χ2n) is 6.57. The van der Waals surface area contributed by atoms with Crippen molar-refractivity contribution in [3.63, 3.8) is 0 Å². The van der Waals surface area contributed by atoms with Crippen molar-refractivity contribution in [1.29, 1.82) is 0 Å². The summed E-state index contributed by atoms with van der Waals surface area (Å²) in [6.07, 6.45) is 1.00. The Morgan fingerprint density at radius 1 is 1.32 bits per heavy atom. The number of halogens is 1. The van der Waals surface area contributed by atoms with Crippen LogP contribution in [0.3, 0.4) is 0 Å². The number of nitrogens with one attached hydrogen (secondary N) is 1. The Labute approximate surface area is 146 Å². The number of amides is 2. The Bertz CT molecular complexity index is 725. The molecule has 0 bridgehead atoms. The van der Waals surface area contributed by atoms with Gasteiger partial charge in [-0.3, -0.25) is 0 Å². The Balaban J connectivity index is 1.64. The lowest BCUT2D eigenvalue weighted by atomic mass is 10.1. The molecule has 1 aromatic carbocycles. The number of carbonyl (C=O) groups is 1. The Morgan fingerprint density at radius 3 is 2.56 bits per heavy atom. The van der Waals surface area contributed by atoms with E-state index in [-0.39, 0.29) is 30.5 Å². The van der Waals surface area contributed by atoms with Crippen LogP contribution < -0.4 is 5.32 Å². The molecule has 0 aliphatic heterocycles. The van der Waals surface area contributed by atoms with Gasteiger partial charge in [-0.25, -0.2) is 9.18 Å². The van der Waals surface area contributed by atoms with E-state index in [1.165, 1.54) is 24.3 Å². The van der Waals surface area contributed by atoms with Gasteiger partial charge in [0.1, 0.15) is 17.3 Å². The van der Waals surface area contributed by atoms with Crippen LogP contribution in [0.1, 0.15) is 49.0 Å². The van der Waals surface area contributed by atoms with Crippen LogP contribution in [0, 0.1) is 12.7 Å². The molecule has 0 spiro atoms. The molecule has 5 nitrogen and oxygen atoms in total. The summed E-state index contributed by atoms with van der Waals surface area (Å²) in [5, 5.41) is 13.3. The first-order valence-corrected chi connectivity index (χ1v) is 8.51. The molecular weight excluding hydrogens is 323 g/mol. The first-order chi connectivity index (χ1) is 11.9. The minimum Gasteiger partial charge on any atom is -0.464 e. The van der Waals surface area contributed by atoms with Crippen molar-refractivity contribution < 1.29 is 18.7 Å². The molecule has 2 atom stereocenters. The van der Waals surface area contributed by atoms with Crippen LogP contribution >= 0.6 is 0 Å². The van der Waals surface area contributed by atoms with Crippen molar-refractivity contribution in [2.75, 3.05) is 6.54 Å². The fourth-order valence-corrected chi connectivity index (χ4v) is 2.79. The zero-order chi connectivity index (χ0) is 18.0. The molecule has 1 aromatic heterocycles. The van der Waals surface area contributed by atoms with E-state index < -0.39 is 6.10 Å². The van der Waals surface area contributed by atoms with E-state index in [0.29, 0.717) is 11.3 Å². The van der Waals surface area contributed by atoms with Crippen LogP contribution in [0.15, 0.2) is 40.8 Å². The van der Waals surface area contributed by atoms with E-state index in [0.717, 1.165) is 18.6 Å².